The molecule has 0 unspecified atom stereocenters. The summed E-state index contributed by atoms with van der Waals surface area (Å²) in [5.41, 5.74) is 0.584. The predicted octanol–water partition coefficient (Wildman–Crippen LogP) is 1.58. The van der Waals surface area contributed by atoms with Crippen molar-refractivity contribution in [3.63, 3.8) is 0 Å². The van der Waals surface area contributed by atoms with E-state index in [-0.39, 0.29) is 24.7 Å². The zero-order valence-corrected chi connectivity index (χ0v) is 11.5. The molecule has 0 atom stereocenters. The van der Waals surface area contributed by atoms with Crippen LogP contribution in [-0.2, 0) is 11.3 Å². The molecule has 0 spiro atoms. The van der Waals surface area contributed by atoms with Crippen molar-refractivity contribution in [1.82, 2.24) is 10.6 Å². The van der Waals surface area contributed by atoms with Gasteiger partial charge in [-0.25, -0.2) is 0 Å². The fourth-order valence-electron chi connectivity index (χ4n) is 1.43. The van der Waals surface area contributed by atoms with Gasteiger partial charge in [-0.05, 0) is 19.1 Å². The molecular weight excluding hydrogens is 302 g/mol. The number of halogens is 1. The summed E-state index contributed by atoms with van der Waals surface area (Å²) >= 11 is 3.19. The predicted molar refractivity (Wildman–Crippen MR) is 71.2 cm³/mol. The maximum atomic E-state index is 11.2. The summed E-state index contributed by atoms with van der Waals surface area (Å²) in [5, 5.41) is 16.4. The SMILES string of the molecule is CCNC(=O)CNCc1ccc(Br)cc1[N+](=O)[O-]. The Morgan fingerprint density at radius 1 is 1.50 bits per heavy atom. The number of nitro groups is 1. The van der Waals surface area contributed by atoms with Crippen LogP contribution in [0.2, 0.25) is 0 Å². The first-order valence-electron chi connectivity index (χ1n) is 5.44. The quantitative estimate of drug-likeness (QED) is 0.616. The van der Waals surface area contributed by atoms with E-state index >= 15 is 0 Å². The number of nitrogens with zero attached hydrogens (tertiary/aromatic N) is 1. The molecule has 18 heavy (non-hydrogen) atoms. The van der Waals surface area contributed by atoms with Crippen molar-refractivity contribution in [2.24, 2.45) is 0 Å². The summed E-state index contributed by atoms with van der Waals surface area (Å²) < 4.78 is 0.654. The first kappa shape index (κ1) is 14.6. The second-order valence-corrected chi connectivity index (χ2v) is 4.50. The Kier molecular flexibility index (Phi) is 5.73. The van der Waals surface area contributed by atoms with Crippen molar-refractivity contribution in [1.29, 1.82) is 0 Å². The third-order valence-electron chi connectivity index (χ3n) is 2.22. The van der Waals surface area contributed by atoms with Crippen LogP contribution >= 0.6 is 15.9 Å². The Morgan fingerprint density at radius 3 is 2.83 bits per heavy atom. The van der Waals surface area contributed by atoms with Crippen LogP contribution in [0.3, 0.4) is 0 Å². The smallest absolute Gasteiger partial charge is 0.275 e. The van der Waals surface area contributed by atoms with Gasteiger partial charge in [0, 0.05) is 29.2 Å². The molecule has 0 saturated heterocycles. The van der Waals surface area contributed by atoms with E-state index in [1.165, 1.54) is 6.07 Å². The van der Waals surface area contributed by atoms with E-state index in [0.29, 0.717) is 16.6 Å². The van der Waals surface area contributed by atoms with Gasteiger partial charge in [0.25, 0.3) is 5.69 Å². The van der Waals surface area contributed by atoms with E-state index in [9.17, 15) is 14.9 Å². The van der Waals surface area contributed by atoms with Crippen LogP contribution in [0.5, 0.6) is 0 Å². The zero-order chi connectivity index (χ0) is 13.5. The molecule has 0 aliphatic carbocycles. The Balaban J connectivity index is 2.62. The Hall–Kier alpha value is -1.47. The van der Waals surface area contributed by atoms with Crippen LogP contribution in [0, 0.1) is 10.1 Å². The van der Waals surface area contributed by atoms with Crippen LogP contribution < -0.4 is 10.6 Å². The Bertz CT molecular complexity index is 451. The number of carbonyl (C=O) groups excluding carboxylic acids is 1. The Morgan fingerprint density at radius 2 is 2.22 bits per heavy atom. The molecule has 1 rings (SSSR count). The van der Waals surface area contributed by atoms with Crippen molar-refractivity contribution >= 4 is 27.5 Å². The van der Waals surface area contributed by atoms with Gasteiger partial charge in [0.1, 0.15) is 0 Å². The van der Waals surface area contributed by atoms with E-state index in [1.54, 1.807) is 12.1 Å². The second-order valence-electron chi connectivity index (χ2n) is 3.59. The van der Waals surface area contributed by atoms with Crippen LogP contribution in [-0.4, -0.2) is 23.9 Å². The fraction of sp³-hybridized carbons (Fsp3) is 0.364. The number of amides is 1. The van der Waals surface area contributed by atoms with E-state index in [2.05, 4.69) is 26.6 Å². The molecular formula is C11H14BrN3O3. The number of benzene rings is 1. The maximum Gasteiger partial charge on any atom is 0.275 e. The minimum Gasteiger partial charge on any atom is -0.355 e. The lowest BCUT2D eigenvalue weighted by Crippen LogP contribution is -2.33. The van der Waals surface area contributed by atoms with E-state index < -0.39 is 4.92 Å². The molecule has 1 aromatic carbocycles. The lowest BCUT2D eigenvalue weighted by molar-refractivity contribution is -0.385. The standard InChI is InChI=1S/C11H14BrN3O3/c1-2-14-11(16)7-13-6-8-3-4-9(12)5-10(8)15(17)18/h3-5,13H,2,6-7H2,1H3,(H,14,16). The highest BCUT2D eigenvalue weighted by Crippen LogP contribution is 2.23. The molecule has 0 aliphatic rings. The summed E-state index contributed by atoms with van der Waals surface area (Å²) in [6, 6.07) is 4.84. The third kappa shape index (κ3) is 4.42. The number of likely N-dealkylation sites (N-methyl/N-ethyl adjacent to an activating group) is 1. The van der Waals surface area contributed by atoms with Gasteiger partial charge in [-0.2, -0.15) is 0 Å². The highest BCUT2D eigenvalue weighted by molar-refractivity contribution is 9.10. The van der Waals surface area contributed by atoms with Gasteiger partial charge >= 0.3 is 0 Å². The van der Waals surface area contributed by atoms with Crippen LogP contribution in [0.1, 0.15) is 12.5 Å². The number of hydrogen-bond acceptors (Lipinski definition) is 4. The summed E-state index contributed by atoms with van der Waals surface area (Å²) in [6.45, 7) is 2.82. The van der Waals surface area contributed by atoms with E-state index in [4.69, 9.17) is 0 Å². The maximum absolute atomic E-state index is 11.2. The average molecular weight is 316 g/mol. The third-order valence-corrected chi connectivity index (χ3v) is 2.71. The molecule has 0 fully saturated rings. The molecule has 98 valence electrons. The summed E-state index contributed by atoms with van der Waals surface area (Å²) in [6.07, 6.45) is 0. The molecule has 0 saturated carbocycles. The summed E-state index contributed by atoms with van der Waals surface area (Å²) in [7, 11) is 0. The van der Waals surface area contributed by atoms with Gasteiger partial charge in [0.2, 0.25) is 5.91 Å². The largest absolute Gasteiger partial charge is 0.355 e. The Labute approximate surface area is 113 Å². The first-order chi connectivity index (χ1) is 8.54. The van der Waals surface area contributed by atoms with Gasteiger partial charge in [0.15, 0.2) is 0 Å². The summed E-state index contributed by atoms with van der Waals surface area (Å²) in [4.78, 5) is 21.6. The molecule has 1 aromatic rings. The molecule has 7 heteroatoms. The van der Waals surface area contributed by atoms with Crippen molar-refractivity contribution in [3.05, 3.63) is 38.3 Å². The highest BCUT2D eigenvalue weighted by Gasteiger charge is 2.13. The normalized spacial score (nSPS) is 10.1. The van der Waals surface area contributed by atoms with Crippen molar-refractivity contribution < 1.29 is 9.72 Å². The number of hydrogen-bond donors (Lipinski definition) is 2. The number of nitrogens with one attached hydrogen (secondary N) is 2. The second kappa shape index (κ2) is 7.07. The monoisotopic (exact) mass is 315 g/mol. The van der Waals surface area contributed by atoms with Crippen LogP contribution in [0.25, 0.3) is 0 Å². The van der Waals surface area contributed by atoms with Crippen molar-refractivity contribution in [3.8, 4) is 0 Å². The minimum absolute atomic E-state index is 0.0350. The minimum atomic E-state index is -0.437. The molecule has 6 nitrogen and oxygen atoms in total. The zero-order valence-electron chi connectivity index (χ0n) is 9.90. The van der Waals surface area contributed by atoms with E-state index in [1.807, 2.05) is 6.92 Å². The first-order valence-corrected chi connectivity index (χ1v) is 6.24. The van der Waals surface area contributed by atoms with Gasteiger partial charge in [-0.15, -0.1) is 0 Å². The van der Waals surface area contributed by atoms with Gasteiger partial charge in [-0.1, -0.05) is 15.9 Å². The molecule has 0 radical (unpaired) electrons. The van der Waals surface area contributed by atoms with Crippen molar-refractivity contribution in [2.45, 2.75) is 13.5 Å². The van der Waals surface area contributed by atoms with Crippen molar-refractivity contribution in [2.75, 3.05) is 13.1 Å². The van der Waals surface area contributed by atoms with Gasteiger partial charge < -0.3 is 10.6 Å². The van der Waals surface area contributed by atoms with E-state index in [0.717, 1.165) is 0 Å². The number of nitro benzene ring substituents is 1. The fourth-order valence-corrected chi connectivity index (χ4v) is 1.78. The lowest BCUT2D eigenvalue weighted by Gasteiger charge is -2.06. The van der Waals surface area contributed by atoms with Gasteiger partial charge in [0.05, 0.1) is 11.5 Å². The molecule has 0 bridgehead atoms. The topological polar surface area (TPSA) is 84.3 Å². The molecule has 0 aromatic heterocycles. The lowest BCUT2D eigenvalue weighted by atomic mass is 10.2. The summed E-state index contributed by atoms with van der Waals surface area (Å²) in [5.74, 6) is -0.128. The average Bonchev–Trinajstić information content (AvgIpc) is 2.31. The van der Waals surface area contributed by atoms with Crippen LogP contribution in [0.4, 0.5) is 5.69 Å². The molecule has 2 N–H and O–H groups in total. The van der Waals surface area contributed by atoms with Crippen LogP contribution in [0.15, 0.2) is 22.7 Å². The molecule has 0 heterocycles. The van der Waals surface area contributed by atoms with Gasteiger partial charge in [-0.3, -0.25) is 14.9 Å². The molecule has 0 aliphatic heterocycles. The molecule has 1 amide bonds. The number of carbonyl (C=O) groups is 1. The highest BCUT2D eigenvalue weighted by atomic mass is 79.9. The number of rotatable bonds is 6.